The lowest BCUT2D eigenvalue weighted by Crippen LogP contribution is -2.19. The summed E-state index contributed by atoms with van der Waals surface area (Å²) in [4.78, 5) is 23.1. The largest absolute Gasteiger partial charge is 0.466 e. The molecule has 5 heteroatoms. The van der Waals surface area contributed by atoms with Crippen LogP contribution in [0.25, 0.3) is 0 Å². The maximum Gasteiger partial charge on any atom is 0.305 e. The number of rotatable bonds is 6. The van der Waals surface area contributed by atoms with Gasteiger partial charge >= 0.3 is 5.97 Å². The molecule has 0 aromatic heterocycles. The molecule has 0 spiro atoms. The highest BCUT2D eigenvalue weighted by Crippen LogP contribution is 2.21. The second-order valence-electron chi connectivity index (χ2n) is 4.54. The number of esters is 1. The molecule has 0 saturated carbocycles. The maximum absolute atomic E-state index is 11.9. The maximum atomic E-state index is 11.9. The minimum atomic E-state index is -0.197. The molecule has 0 radical (unpaired) electrons. The van der Waals surface area contributed by atoms with E-state index in [2.05, 4.69) is 5.10 Å². The summed E-state index contributed by atoms with van der Waals surface area (Å²) in [5.74, 6) is -0.223. The lowest BCUT2D eigenvalue weighted by Gasteiger charge is -2.10. The molecule has 1 aromatic carbocycles. The van der Waals surface area contributed by atoms with Gasteiger partial charge in [-0.2, -0.15) is 5.10 Å². The van der Waals surface area contributed by atoms with Crippen molar-refractivity contribution >= 4 is 23.3 Å². The second-order valence-corrected chi connectivity index (χ2v) is 4.54. The topological polar surface area (TPSA) is 59.0 Å². The summed E-state index contributed by atoms with van der Waals surface area (Å²) in [6, 6.07) is 9.34. The minimum absolute atomic E-state index is 0.0256. The van der Waals surface area contributed by atoms with Crippen molar-refractivity contribution in [1.29, 1.82) is 0 Å². The quantitative estimate of drug-likeness (QED) is 0.749. The van der Waals surface area contributed by atoms with Crippen LogP contribution >= 0.6 is 0 Å². The van der Waals surface area contributed by atoms with E-state index in [1.807, 2.05) is 30.3 Å². The smallest absolute Gasteiger partial charge is 0.305 e. The zero-order chi connectivity index (χ0) is 14.4. The van der Waals surface area contributed by atoms with Gasteiger partial charge in [-0.3, -0.25) is 9.59 Å². The summed E-state index contributed by atoms with van der Waals surface area (Å²) in [6.07, 6.45) is 2.01. The number of hydrazone groups is 1. The number of carbonyl (C=O) groups is 2. The van der Waals surface area contributed by atoms with Crippen LogP contribution in [0.1, 0.15) is 32.6 Å². The Morgan fingerprint density at radius 2 is 2.10 bits per heavy atom. The van der Waals surface area contributed by atoms with E-state index in [4.69, 9.17) is 4.74 Å². The molecule has 0 unspecified atom stereocenters. The lowest BCUT2D eigenvalue weighted by atomic mass is 10.1. The molecule has 0 fully saturated rings. The predicted molar refractivity (Wildman–Crippen MR) is 76.5 cm³/mol. The van der Waals surface area contributed by atoms with Gasteiger partial charge in [-0.25, -0.2) is 5.01 Å². The van der Waals surface area contributed by atoms with Gasteiger partial charge in [-0.05, 0) is 31.9 Å². The highest BCUT2D eigenvalue weighted by atomic mass is 16.5. The molecule has 106 valence electrons. The van der Waals surface area contributed by atoms with Crippen molar-refractivity contribution in [2.45, 2.75) is 32.6 Å². The highest BCUT2D eigenvalue weighted by Gasteiger charge is 2.24. The number of amides is 1. The van der Waals surface area contributed by atoms with Crippen LogP contribution in [0.15, 0.2) is 35.4 Å². The van der Waals surface area contributed by atoms with Crippen molar-refractivity contribution in [3.05, 3.63) is 30.3 Å². The molecular formula is C15H18N2O3. The lowest BCUT2D eigenvalue weighted by molar-refractivity contribution is -0.143. The Morgan fingerprint density at radius 1 is 1.35 bits per heavy atom. The van der Waals surface area contributed by atoms with E-state index in [9.17, 15) is 9.59 Å². The molecule has 0 bridgehead atoms. The van der Waals surface area contributed by atoms with Crippen molar-refractivity contribution in [2.75, 3.05) is 11.6 Å². The van der Waals surface area contributed by atoms with E-state index in [-0.39, 0.29) is 11.9 Å². The molecule has 1 heterocycles. The standard InChI is InChI=1S/C15H18N2O3/c1-2-20-15(19)10-6-7-12-11-14(18)17(16-12)13-8-4-3-5-9-13/h3-5,8-9H,2,6-7,10-11H2,1H3. The molecule has 1 aromatic rings. The van der Waals surface area contributed by atoms with Gasteiger partial charge < -0.3 is 4.74 Å². The zero-order valence-corrected chi connectivity index (χ0v) is 11.5. The Kier molecular flexibility index (Phi) is 4.87. The fraction of sp³-hybridized carbons (Fsp3) is 0.400. The Bertz CT molecular complexity index is 511. The number of nitrogens with zero attached hydrogens (tertiary/aromatic N) is 2. The van der Waals surface area contributed by atoms with Crippen LogP contribution in [0.4, 0.5) is 5.69 Å². The predicted octanol–water partition coefficient (Wildman–Crippen LogP) is 2.51. The minimum Gasteiger partial charge on any atom is -0.466 e. The van der Waals surface area contributed by atoms with E-state index in [1.54, 1.807) is 6.92 Å². The van der Waals surface area contributed by atoms with Gasteiger partial charge in [-0.15, -0.1) is 0 Å². The zero-order valence-electron chi connectivity index (χ0n) is 11.5. The summed E-state index contributed by atoms with van der Waals surface area (Å²) in [5, 5.41) is 5.76. The van der Waals surface area contributed by atoms with Crippen LogP contribution in [-0.4, -0.2) is 24.2 Å². The van der Waals surface area contributed by atoms with Crippen molar-refractivity contribution in [1.82, 2.24) is 0 Å². The summed E-state index contributed by atoms with van der Waals surface area (Å²) in [6.45, 7) is 2.19. The number of hydrogen-bond donors (Lipinski definition) is 0. The van der Waals surface area contributed by atoms with Crippen molar-refractivity contribution in [3.8, 4) is 0 Å². The summed E-state index contributed by atoms with van der Waals surface area (Å²) < 4.78 is 4.86. The monoisotopic (exact) mass is 274 g/mol. The third-order valence-corrected chi connectivity index (χ3v) is 2.99. The van der Waals surface area contributed by atoms with Crippen LogP contribution in [0.2, 0.25) is 0 Å². The van der Waals surface area contributed by atoms with E-state index in [0.717, 1.165) is 11.4 Å². The first-order valence-electron chi connectivity index (χ1n) is 6.80. The molecule has 2 rings (SSSR count). The van der Waals surface area contributed by atoms with E-state index in [1.165, 1.54) is 5.01 Å². The van der Waals surface area contributed by atoms with Crippen LogP contribution in [-0.2, 0) is 14.3 Å². The Hall–Kier alpha value is -2.17. The van der Waals surface area contributed by atoms with Crippen LogP contribution in [0, 0.1) is 0 Å². The number of carbonyl (C=O) groups excluding carboxylic acids is 2. The van der Waals surface area contributed by atoms with Gasteiger partial charge in [0, 0.05) is 12.1 Å². The fourth-order valence-corrected chi connectivity index (χ4v) is 2.06. The molecule has 20 heavy (non-hydrogen) atoms. The average Bonchev–Trinajstić information content (AvgIpc) is 2.81. The fourth-order valence-electron chi connectivity index (χ4n) is 2.06. The molecule has 0 saturated heterocycles. The molecule has 1 aliphatic heterocycles. The Balaban J connectivity index is 1.88. The molecule has 1 aliphatic rings. The summed E-state index contributed by atoms with van der Waals surface area (Å²) >= 11 is 0. The van der Waals surface area contributed by atoms with Crippen LogP contribution in [0.5, 0.6) is 0 Å². The van der Waals surface area contributed by atoms with Gasteiger partial charge in [0.05, 0.1) is 18.7 Å². The van der Waals surface area contributed by atoms with Crippen molar-refractivity contribution in [3.63, 3.8) is 0 Å². The number of benzene rings is 1. The molecule has 0 N–H and O–H groups in total. The van der Waals surface area contributed by atoms with Gasteiger partial charge in [0.25, 0.3) is 5.91 Å². The molecular weight excluding hydrogens is 256 g/mol. The van der Waals surface area contributed by atoms with E-state index < -0.39 is 0 Å². The number of anilines is 1. The van der Waals surface area contributed by atoms with E-state index >= 15 is 0 Å². The summed E-state index contributed by atoms with van der Waals surface area (Å²) in [5.41, 5.74) is 1.60. The van der Waals surface area contributed by atoms with Crippen LogP contribution in [0.3, 0.4) is 0 Å². The first-order chi connectivity index (χ1) is 9.70. The number of para-hydroxylation sites is 1. The second kappa shape index (κ2) is 6.84. The Morgan fingerprint density at radius 3 is 2.80 bits per heavy atom. The molecule has 5 nitrogen and oxygen atoms in total. The third kappa shape index (κ3) is 3.66. The van der Waals surface area contributed by atoms with Crippen LogP contribution < -0.4 is 5.01 Å². The molecule has 1 amide bonds. The molecule has 0 atom stereocenters. The van der Waals surface area contributed by atoms with Crippen molar-refractivity contribution < 1.29 is 14.3 Å². The number of ether oxygens (including phenoxy) is 1. The first-order valence-corrected chi connectivity index (χ1v) is 6.80. The number of hydrogen-bond acceptors (Lipinski definition) is 4. The third-order valence-electron chi connectivity index (χ3n) is 2.99. The van der Waals surface area contributed by atoms with E-state index in [0.29, 0.717) is 32.3 Å². The van der Waals surface area contributed by atoms with Gasteiger partial charge in [-0.1, -0.05) is 18.2 Å². The molecule has 0 aliphatic carbocycles. The Labute approximate surface area is 118 Å². The van der Waals surface area contributed by atoms with Gasteiger partial charge in [0.2, 0.25) is 0 Å². The highest BCUT2D eigenvalue weighted by molar-refractivity contribution is 6.12. The van der Waals surface area contributed by atoms with Gasteiger partial charge in [0.1, 0.15) is 0 Å². The van der Waals surface area contributed by atoms with Crippen molar-refractivity contribution in [2.24, 2.45) is 5.10 Å². The first kappa shape index (κ1) is 14.2. The SMILES string of the molecule is CCOC(=O)CCCC1=NN(c2ccccc2)C(=O)C1. The average molecular weight is 274 g/mol. The van der Waals surface area contributed by atoms with Gasteiger partial charge in [0.15, 0.2) is 0 Å². The summed E-state index contributed by atoms with van der Waals surface area (Å²) in [7, 11) is 0. The normalized spacial score (nSPS) is 14.3.